The fourth-order valence-corrected chi connectivity index (χ4v) is 1.30. The molecule has 0 unspecified atom stereocenters. The van der Waals surface area contributed by atoms with Gasteiger partial charge < -0.3 is 14.7 Å². The molecule has 5 nitrogen and oxygen atoms in total. The van der Waals surface area contributed by atoms with Crippen LogP contribution in [0.3, 0.4) is 0 Å². The van der Waals surface area contributed by atoms with Crippen molar-refractivity contribution < 1.29 is 32.6 Å². The molecule has 1 N–H and O–H groups in total. The number of alkyl halides is 3. The second-order valence-electron chi connectivity index (χ2n) is 4.21. The number of carboxylic acids is 1. The molecule has 0 heterocycles. The van der Waals surface area contributed by atoms with Crippen molar-refractivity contribution in [3.05, 3.63) is 0 Å². The van der Waals surface area contributed by atoms with Gasteiger partial charge >= 0.3 is 18.1 Å². The second kappa shape index (κ2) is 7.98. The number of carbonyl (C=O) groups is 2. The summed E-state index contributed by atoms with van der Waals surface area (Å²) >= 11 is 0. The van der Waals surface area contributed by atoms with Gasteiger partial charge in [-0.3, -0.25) is 9.59 Å². The van der Waals surface area contributed by atoms with Gasteiger partial charge in [0.25, 0.3) is 0 Å². The third-order valence-corrected chi connectivity index (χ3v) is 2.15. The number of halogens is 3. The Labute approximate surface area is 109 Å². The van der Waals surface area contributed by atoms with E-state index in [1.54, 1.807) is 13.8 Å². The number of amides is 1. The lowest BCUT2D eigenvalue weighted by atomic mass is 10.3. The number of ether oxygens (including phenoxy) is 1. The minimum absolute atomic E-state index is 0.0502. The lowest BCUT2D eigenvalue weighted by Gasteiger charge is -2.23. The van der Waals surface area contributed by atoms with Gasteiger partial charge in [0.15, 0.2) is 0 Å². The minimum atomic E-state index is -4.99. The molecule has 0 atom stereocenters. The van der Waals surface area contributed by atoms with E-state index in [4.69, 9.17) is 9.84 Å². The van der Waals surface area contributed by atoms with E-state index in [0.717, 1.165) is 0 Å². The average molecular weight is 285 g/mol. The number of carbonyl (C=O) groups excluding carboxylic acids is 1. The third kappa shape index (κ3) is 8.41. The number of aliphatic carboxylic acids is 1. The number of rotatable bonds is 8. The van der Waals surface area contributed by atoms with Crippen molar-refractivity contribution in [1.29, 1.82) is 0 Å². The monoisotopic (exact) mass is 285 g/mol. The predicted molar refractivity (Wildman–Crippen MR) is 60.6 cm³/mol. The second-order valence-corrected chi connectivity index (χ2v) is 4.21. The molecule has 19 heavy (non-hydrogen) atoms. The molecule has 112 valence electrons. The zero-order chi connectivity index (χ0) is 15.1. The van der Waals surface area contributed by atoms with Crippen LogP contribution in [0, 0.1) is 0 Å². The van der Waals surface area contributed by atoms with Gasteiger partial charge in [0.05, 0.1) is 12.5 Å². The highest BCUT2D eigenvalue weighted by molar-refractivity contribution is 5.82. The fourth-order valence-electron chi connectivity index (χ4n) is 1.30. The van der Waals surface area contributed by atoms with Gasteiger partial charge in [0, 0.05) is 19.7 Å². The van der Waals surface area contributed by atoms with Crippen LogP contribution in [-0.2, 0) is 14.3 Å². The zero-order valence-electron chi connectivity index (χ0n) is 10.9. The van der Waals surface area contributed by atoms with Crippen LogP contribution in [0.2, 0.25) is 0 Å². The SMILES string of the molecule is CC(C)OCCCN(CCC(=O)O)C(=O)C(F)(F)F. The van der Waals surface area contributed by atoms with E-state index in [9.17, 15) is 22.8 Å². The topological polar surface area (TPSA) is 66.8 Å². The quantitative estimate of drug-likeness (QED) is 0.689. The standard InChI is InChI=1S/C11H18F3NO4/c1-8(2)19-7-3-5-15(6-4-9(16)17)10(18)11(12,13)14/h8H,3-7H2,1-2H3,(H,16,17). The smallest absolute Gasteiger partial charge is 0.471 e. The molecule has 0 aromatic carbocycles. The van der Waals surface area contributed by atoms with Gasteiger partial charge in [0.2, 0.25) is 0 Å². The summed E-state index contributed by atoms with van der Waals surface area (Å²) in [5.41, 5.74) is 0. The highest BCUT2D eigenvalue weighted by Crippen LogP contribution is 2.18. The Balaban J connectivity index is 4.34. The third-order valence-electron chi connectivity index (χ3n) is 2.15. The van der Waals surface area contributed by atoms with Gasteiger partial charge in [-0.25, -0.2) is 0 Å². The van der Waals surface area contributed by atoms with Crippen LogP contribution in [0.1, 0.15) is 26.7 Å². The summed E-state index contributed by atoms with van der Waals surface area (Å²) < 4.78 is 42.0. The molecule has 0 aliphatic rings. The Kier molecular flexibility index (Phi) is 7.43. The van der Waals surface area contributed by atoms with E-state index >= 15 is 0 Å². The van der Waals surface area contributed by atoms with E-state index in [1.165, 1.54) is 0 Å². The van der Waals surface area contributed by atoms with E-state index < -0.39 is 31.0 Å². The van der Waals surface area contributed by atoms with Crippen molar-refractivity contribution in [2.75, 3.05) is 19.7 Å². The maximum atomic E-state index is 12.3. The first-order chi connectivity index (χ1) is 8.64. The van der Waals surface area contributed by atoms with Crippen LogP contribution >= 0.6 is 0 Å². The van der Waals surface area contributed by atoms with Gasteiger partial charge in [-0.05, 0) is 20.3 Å². The predicted octanol–water partition coefficient (Wildman–Crippen LogP) is 1.67. The maximum absolute atomic E-state index is 12.3. The van der Waals surface area contributed by atoms with Crippen molar-refractivity contribution in [2.24, 2.45) is 0 Å². The van der Waals surface area contributed by atoms with Crippen LogP contribution in [0.15, 0.2) is 0 Å². The summed E-state index contributed by atoms with van der Waals surface area (Å²) in [7, 11) is 0. The molecule has 0 radical (unpaired) electrons. The molecule has 0 bridgehead atoms. The Hall–Kier alpha value is -1.31. The van der Waals surface area contributed by atoms with Gasteiger partial charge in [-0.1, -0.05) is 0 Å². The molecule has 0 saturated heterocycles. The van der Waals surface area contributed by atoms with E-state index in [1.807, 2.05) is 0 Å². The van der Waals surface area contributed by atoms with Crippen molar-refractivity contribution >= 4 is 11.9 Å². The molecule has 0 aliphatic carbocycles. The Bertz CT molecular complexity index is 305. The van der Waals surface area contributed by atoms with E-state index in [-0.39, 0.29) is 25.7 Å². The summed E-state index contributed by atoms with van der Waals surface area (Å²) in [6.07, 6.45) is -5.34. The van der Waals surface area contributed by atoms with E-state index in [2.05, 4.69) is 0 Å². The summed E-state index contributed by atoms with van der Waals surface area (Å²) in [5, 5.41) is 8.45. The lowest BCUT2D eigenvalue weighted by molar-refractivity contribution is -0.185. The fraction of sp³-hybridized carbons (Fsp3) is 0.818. The molecule has 0 aromatic heterocycles. The van der Waals surface area contributed by atoms with Crippen LogP contribution < -0.4 is 0 Å². The summed E-state index contributed by atoms with van der Waals surface area (Å²) in [5.74, 6) is -3.27. The van der Waals surface area contributed by atoms with Gasteiger partial charge in [-0.15, -0.1) is 0 Å². The van der Waals surface area contributed by atoms with Gasteiger partial charge in [-0.2, -0.15) is 13.2 Å². The Morgan fingerprint density at radius 3 is 2.26 bits per heavy atom. The molecule has 0 fully saturated rings. The molecule has 0 aliphatic heterocycles. The molecule has 8 heteroatoms. The van der Waals surface area contributed by atoms with Crippen molar-refractivity contribution in [3.8, 4) is 0 Å². The van der Waals surface area contributed by atoms with Crippen molar-refractivity contribution in [2.45, 2.75) is 39.0 Å². The summed E-state index contributed by atoms with van der Waals surface area (Å²) in [4.78, 5) is 21.9. The highest BCUT2D eigenvalue weighted by Gasteiger charge is 2.42. The molecular weight excluding hydrogens is 267 g/mol. The van der Waals surface area contributed by atoms with Crippen LogP contribution in [0.4, 0.5) is 13.2 Å². The highest BCUT2D eigenvalue weighted by atomic mass is 19.4. The number of carboxylic acid groups (broad SMARTS) is 1. The first-order valence-corrected chi connectivity index (χ1v) is 5.84. The van der Waals surface area contributed by atoms with Gasteiger partial charge in [0.1, 0.15) is 0 Å². The van der Waals surface area contributed by atoms with Crippen LogP contribution in [0.5, 0.6) is 0 Å². The summed E-state index contributed by atoms with van der Waals surface area (Å²) in [6.45, 7) is 3.13. The number of hydrogen-bond donors (Lipinski definition) is 1. The van der Waals surface area contributed by atoms with E-state index in [0.29, 0.717) is 4.90 Å². The lowest BCUT2D eigenvalue weighted by Crippen LogP contribution is -2.43. The van der Waals surface area contributed by atoms with Crippen molar-refractivity contribution in [3.63, 3.8) is 0 Å². The summed E-state index contributed by atoms with van der Waals surface area (Å²) in [6, 6.07) is 0. The minimum Gasteiger partial charge on any atom is -0.481 e. The Morgan fingerprint density at radius 2 is 1.84 bits per heavy atom. The maximum Gasteiger partial charge on any atom is 0.471 e. The molecule has 0 saturated carbocycles. The Morgan fingerprint density at radius 1 is 1.26 bits per heavy atom. The number of nitrogens with zero attached hydrogens (tertiary/aromatic N) is 1. The molecule has 0 spiro atoms. The van der Waals surface area contributed by atoms with Crippen LogP contribution in [-0.4, -0.2) is 53.9 Å². The van der Waals surface area contributed by atoms with Crippen LogP contribution in [0.25, 0.3) is 0 Å². The number of hydrogen-bond acceptors (Lipinski definition) is 3. The zero-order valence-corrected chi connectivity index (χ0v) is 10.9. The normalized spacial score (nSPS) is 11.7. The first-order valence-electron chi connectivity index (χ1n) is 5.84. The van der Waals surface area contributed by atoms with Crippen molar-refractivity contribution in [1.82, 2.24) is 4.90 Å². The molecule has 0 rings (SSSR count). The first kappa shape index (κ1) is 17.7. The average Bonchev–Trinajstić information content (AvgIpc) is 2.25. The molecule has 0 aromatic rings. The molecular formula is C11H18F3NO4. The molecule has 1 amide bonds. The largest absolute Gasteiger partial charge is 0.481 e.